The van der Waals surface area contributed by atoms with Crippen molar-refractivity contribution < 1.29 is 9.50 Å². The zero-order valence-electron chi connectivity index (χ0n) is 18.7. The van der Waals surface area contributed by atoms with E-state index in [0.29, 0.717) is 50.2 Å². The topological polar surface area (TPSA) is 63.1 Å². The smallest absolute Gasteiger partial charge is 0.191 e. The molecule has 3 N–H and O–H groups in total. The van der Waals surface area contributed by atoms with Crippen LogP contribution in [0.25, 0.3) is 0 Å². The van der Waals surface area contributed by atoms with E-state index in [2.05, 4.69) is 29.4 Å². The Bertz CT molecular complexity index is 751. The Hall–Kier alpha value is -1.13. The summed E-state index contributed by atoms with van der Waals surface area (Å²) in [6.07, 6.45) is 4.95. The van der Waals surface area contributed by atoms with Crippen molar-refractivity contribution >= 4 is 35.6 Å². The van der Waals surface area contributed by atoms with Crippen molar-refractivity contribution in [1.82, 2.24) is 15.5 Å². The van der Waals surface area contributed by atoms with E-state index in [-0.39, 0.29) is 35.9 Å². The number of hydrogen-bond acceptors (Lipinski definition) is 4. The summed E-state index contributed by atoms with van der Waals surface area (Å²) < 4.78 is 14.7. The molecule has 3 fully saturated rings. The molecular formula is C23H37FIN5O. The summed E-state index contributed by atoms with van der Waals surface area (Å²) >= 11 is 0. The lowest BCUT2D eigenvalue weighted by atomic mass is 10.1. The highest BCUT2D eigenvalue weighted by Gasteiger charge is 2.38. The van der Waals surface area contributed by atoms with Crippen LogP contribution in [0.15, 0.2) is 23.2 Å². The molecule has 2 heterocycles. The third kappa shape index (κ3) is 6.44. The van der Waals surface area contributed by atoms with Crippen LogP contribution >= 0.6 is 24.0 Å². The Morgan fingerprint density at radius 1 is 1.23 bits per heavy atom. The lowest BCUT2D eigenvalue weighted by Crippen LogP contribution is -2.44. The number of benzene rings is 1. The molecule has 31 heavy (non-hydrogen) atoms. The lowest BCUT2D eigenvalue weighted by Gasteiger charge is -2.31. The second kappa shape index (κ2) is 11.1. The Morgan fingerprint density at radius 3 is 2.61 bits per heavy atom. The summed E-state index contributed by atoms with van der Waals surface area (Å²) in [5.41, 5.74) is 1.49. The first-order valence-electron chi connectivity index (χ1n) is 11.6. The molecule has 4 rings (SSSR count). The molecule has 0 amide bonds. The minimum atomic E-state index is -0.255. The summed E-state index contributed by atoms with van der Waals surface area (Å²) in [6.45, 7) is 8.09. The number of halogens is 2. The normalized spacial score (nSPS) is 25.4. The van der Waals surface area contributed by atoms with E-state index in [1.165, 1.54) is 12.8 Å². The molecule has 1 aromatic rings. The van der Waals surface area contributed by atoms with Gasteiger partial charge in [-0.1, -0.05) is 6.07 Å². The highest BCUT2D eigenvalue weighted by molar-refractivity contribution is 14.0. The number of guanidine groups is 1. The van der Waals surface area contributed by atoms with E-state index in [9.17, 15) is 9.50 Å². The standard InChI is InChI=1S/C23H36FN5O.HI/c1-3-25-23(27-18-12-16(2)29(15-18)19-5-6-19)26-14-17-4-7-22(21(24)13-17)28-10-8-20(30)9-11-28;/h4,7,13,16,18-20,30H,3,5-6,8-12,14-15H2,1-2H3,(H2,25,26,27);1H. The number of likely N-dealkylation sites (tertiary alicyclic amines) is 1. The summed E-state index contributed by atoms with van der Waals surface area (Å²) in [6, 6.07) is 7.23. The van der Waals surface area contributed by atoms with Crippen LogP contribution in [-0.4, -0.2) is 66.4 Å². The molecule has 0 spiro atoms. The van der Waals surface area contributed by atoms with Gasteiger partial charge in [-0.05, 0) is 63.6 Å². The number of anilines is 1. The number of piperidine rings is 1. The van der Waals surface area contributed by atoms with Crippen molar-refractivity contribution in [1.29, 1.82) is 0 Å². The van der Waals surface area contributed by atoms with Gasteiger partial charge in [0.15, 0.2) is 5.96 Å². The fourth-order valence-electron chi connectivity index (χ4n) is 4.77. The first-order valence-corrected chi connectivity index (χ1v) is 11.6. The number of aliphatic imine (C=N–C) groups is 1. The van der Waals surface area contributed by atoms with Gasteiger partial charge in [-0.2, -0.15) is 0 Å². The van der Waals surface area contributed by atoms with Crippen LogP contribution in [0.4, 0.5) is 10.1 Å². The average Bonchev–Trinajstić information content (AvgIpc) is 3.50. The number of nitrogens with zero attached hydrogens (tertiary/aromatic N) is 3. The van der Waals surface area contributed by atoms with Crippen molar-refractivity contribution in [3.8, 4) is 0 Å². The quantitative estimate of drug-likeness (QED) is 0.292. The summed E-state index contributed by atoms with van der Waals surface area (Å²) in [7, 11) is 0. The number of hydrogen-bond donors (Lipinski definition) is 3. The third-order valence-electron chi connectivity index (χ3n) is 6.56. The molecule has 0 bridgehead atoms. The zero-order valence-corrected chi connectivity index (χ0v) is 21.0. The molecule has 8 heteroatoms. The van der Waals surface area contributed by atoms with Gasteiger partial charge in [0.25, 0.3) is 0 Å². The van der Waals surface area contributed by atoms with Crippen molar-refractivity contribution in [2.24, 2.45) is 4.99 Å². The second-order valence-corrected chi connectivity index (χ2v) is 9.05. The van der Waals surface area contributed by atoms with Gasteiger partial charge in [-0.25, -0.2) is 9.38 Å². The summed E-state index contributed by atoms with van der Waals surface area (Å²) in [4.78, 5) is 9.35. The van der Waals surface area contributed by atoms with Gasteiger partial charge in [0.1, 0.15) is 5.82 Å². The van der Waals surface area contributed by atoms with Crippen LogP contribution in [0, 0.1) is 5.82 Å². The maximum atomic E-state index is 14.7. The van der Waals surface area contributed by atoms with E-state index >= 15 is 0 Å². The van der Waals surface area contributed by atoms with Crippen molar-refractivity contribution in [3.63, 3.8) is 0 Å². The van der Waals surface area contributed by atoms with Gasteiger partial charge in [-0.3, -0.25) is 4.90 Å². The van der Waals surface area contributed by atoms with Crippen molar-refractivity contribution in [2.45, 2.75) is 76.7 Å². The molecule has 174 valence electrons. The van der Waals surface area contributed by atoms with Crippen LogP contribution in [0.2, 0.25) is 0 Å². The fourth-order valence-corrected chi connectivity index (χ4v) is 4.77. The van der Waals surface area contributed by atoms with Gasteiger partial charge in [0.05, 0.1) is 18.3 Å². The number of aliphatic hydroxyl groups excluding tert-OH is 1. The molecular weight excluding hydrogens is 508 g/mol. The molecule has 2 atom stereocenters. The predicted molar refractivity (Wildman–Crippen MR) is 135 cm³/mol. The van der Waals surface area contributed by atoms with Gasteiger partial charge in [0.2, 0.25) is 0 Å². The maximum absolute atomic E-state index is 14.7. The van der Waals surface area contributed by atoms with Crippen LogP contribution < -0.4 is 15.5 Å². The molecule has 1 aromatic carbocycles. The number of aliphatic hydroxyl groups is 1. The lowest BCUT2D eigenvalue weighted by molar-refractivity contribution is 0.145. The highest BCUT2D eigenvalue weighted by Crippen LogP contribution is 2.33. The van der Waals surface area contributed by atoms with E-state index in [1.54, 1.807) is 6.07 Å². The fraction of sp³-hybridized carbons (Fsp3) is 0.696. The molecule has 2 unspecified atom stereocenters. The van der Waals surface area contributed by atoms with Crippen LogP contribution in [-0.2, 0) is 6.54 Å². The Balaban J connectivity index is 0.00000272. The van der Waals surface area contributed by atoms with E-state index in [1.807, 2.05) is 17.0 Å². The zero-order chi connectivity index (χ0) is 21.1. The summed E-state index contributed by atoms with van der Waals surface area (Å²) in [5.74, 6) is 0.601. The maximum Gasteiger partial charge on any atom is 0.191 e. The SMILES string of the molecule is CCNC(=NCc1ccc(N2CCC(O)CC2)c(F)c1)NC1CC(C)N(C2CC2)C1.I. The minimum absolute atomic E-state index is 0. The second-order valence-electron chi connectivity index (χ2n) is 9.05. The summed E-state index contributed by atoms with van der Waals surface area (Å²) in [5, 5.41) is 16.6. The molecule has 3 aliphatic rings. The first kappa shape index (κ1) is 24.5. The van der Waals surface area contributed by atoms with Gasteiger partial charge in [-0.15, -0.1) is 24.0 Å². The predicted octanol–water partition coefficient (Wildman–Crippen LogP) is 3.09. The van der Waals surface area contributed by atoms with Gasteiger partial charge in [0, 0.05) is 44.3 Å². The van der Waals surface area contributed by atoms with E-state index < -0.39 is 0 Å². The molecule has 0 radical (unpaired) electrons. The van der Waals surface area contributed by atoms with Crippen molar-refractivity contribution in [2.75, 3.05) is 31.1 Å². The molecule has 0 aromatic heterocycles. The number of nitrogens with one attached hydrogen (secondary N) is 2. The number of rotatable bonds is 6. The third-order valence-corrected chi connectivity index (χ3v) is 6.56. The highest BCUT2D eigenvalue weighted by atomic mass is 127. The molecule has 2 aliphatic heterocycles. The Morgan fingerprint density at radius 2 is 1.97 bits per heavy atom. The molecule has 6 nitrogen and oxygen atoms in total. The van der Waals surface area contributed by atoms with Crippen LogP contribution in [0.1, 0.15) is 51.5 Å². The Kier molecular flexibility index (Phi) is 8.81. The Labute approximate surface area is 202 Å². The largest absolute Gasteiger partial charge is 0.393 e. The molecule has 2 saturated heterocycles. The van der Waals surface area contributed by atoms with E-state index in [0.717, 1.165) is 37.1 Å². The average molecular weight is 545 g/mol. The minimum Gasteiger partial charge on any atom is -0.393 e. The first-order chi connectivity index (χ1) is 14.5. The molecule has 1 saturated carbocycles. The van der Waals surface area contributed by atoms with Gasteiger partial charge < -0.3 is 20.6 Å². The van der Waals surface area contributed by atoms with Crippen molar-refractivity contribution in [3.05, 3.63) is 29.6 Å². The van der Waals surface area contributed by atoms with E-state index in [4.69, 9.17) is 4.99 Å². The van der Waals surface area contributed by atoms with Crippen LogP contribution in [0.5, 0.6) is 0 Å². The van der Waals surface area contributed by atoms with Gasteiger partial charge >= 0.3 is 0 Å². The monoisotopic (exact) mass is 545 g/mol. The molecule has 1 aliphatic carbocycles. The van der Waals surface area contributed by atoms with Crippen LogP contribution in [0.3, 0.4) is 0 Å².